The maximum atomic E-state index is 12.7. The van der Waals surface area contributed by atoms with Crippen molar-refractivity contribution < 1.29 is 24.2 Å². The van der Waals surface area contributed by atoms with Crippen molar-refractivity contribution in [1.82, 2.24) is 15.3 Å². The molecule has 0 saturated carbocycles. The lowest BCUT2D eigenvalue weighted by atomic mass is 10.0. The van der Waals surface area contributed by atoms with Crippen LogP contribution < -0.4 is 5.32 Å². The number of nitrogens with one attached hydrogen (secondary N) is 1. The third-order valence-electron chi connectivity index (χ3n) is 5.21. The molecule has 0 aliphatic carbocycles. The Bertz CT molecular complexity index is 1080. The predicted octanol–water partition coefficient (Wildman–Crippen LogP) is 2.55. The fraction of sp³-hybridized carbons (Fsp3) is 0.429. The molecule has 3 atom stereocenters. The lowest BCUT2D eigenvalue weighted by Gasteiger charge is -2.35. The van der Waals surface area contributed by atoms with Crippen LogP contribution in [0.25, 0.3) is 0 Å². The van der Waals surface area contributed by atoms with Crippen LogP contribution in [0, 0.1) is 6.92 Å². The number of nitrogens with zero attached hydrogens (tertiary/aromatic N) is 3. The minimum Gasteiger partial charge on any atom is -0.394 e. The van der Waals surface area contributed by atoms with Crippen LogP contribution in [0.1, 0.15) is 34.0 Å². The number of hydrogen-bond donors (Lipinski definition) is 3. The highest BCUT2D eigenvalue weighted by molar-refractivity contribution is 7.81. The van der Waals surface area contributed by atoms with Gasteiger partial charge in [0, 0.05) is 6.54 Å². The summed E-state index contributed by atoms with van der Waals surface area (Å²) in [6.45, 7) is 2.27. The molecule has 4 rings (SSSR count). The molecule has 1 amide bonds. The summed E-state index contributed by atoms with van der Waals surface area (Å²) in [5, 5.41) is 17.0. The first-order valence-corrected chi connectivity index (χ1v) is 11.4. The summed E-state index contributed by atoms with van der Waals surface area (Å²) in [7, 11) is 0. The maximum absolute atomic E-state index is 12.7. The first kappa shape index (κ1) is 24.2. The maximum Gasteiger partial charge on any atom is 0.270 e. The van der Waals surface area contributed by atoms with Crippen LogP contribution >= 0.6 is 35.8 Å². The lowest BCUT2D eigenvalue weighted by Crippen LogP contribution is -2.49. The van der Waals surface area contributed by atoms with Crippen LogP contribution in [0.15, 0.2) is 29.4 Å². The Labute approximate surface area is 205 Å². The van der Waals surface area contributed by atoms with E-state index in [4.69, 9.17) is 37.5 Å². The van der Waals surface area contributed by atoms with Crippen LogP contribution in [0.5, 0.6) is 0 Å². The monoisotopic (exact) mass is 512 g/mol. The standard InChI is InChI=1S/C21H22Cl2N4O5S/c1-11-25-16(18-6-21(33,32-27-18)19-10-30-13(8-28)9-31-19)5-17(26-11)20(29)24-7-12-2-3-14(22)15(23)4-12/h2-5,13,19,28,33H,6-10H2,1H3,(H,24,29)/t13-,19-,21?/m1/s1. The molecule has 0 radical (unpaired) electrons. The number of carbonyl (C=O) groups excluding carboxylic acids is 1. The summed E-state index contributed by atoms with van der Waals surface area (Å²) in [5.41, 5.74) is 1.97. The molecule has 1 aromatic heterocycles. The molecule has 2 aromatic rings. The van der Waals surface area contributed by atoms with E-state index in [1.807, 2.05) is 0 Å². The Hall–Kier alpha value is -1.95. The van der Waals surface area contributed by atoms with Gasteiger partial charge < -0.3 is 24.7 Å². The van der Waals surface area contributed by atoms with Crippen LogP contribution in [-0.2, 0) is 20.9 Å². The zero-order chi connectivity index (χ0) is 23.6. The van der Waals surface area contributed by atoms with Gasteiger partial charge in [-0.15, -0.1) is 12.6 Å². The van der Waals surface area contributed by atoms with E-state index >= 15 is 0 Å². The molecule has 0 spiro atoms. The molecular formula is C21H22Cl2N4O5S. The SMILES string of the molecule is Cc1nc(C(=O)NCc2ccc(Cl)c(Cl)c2)cc(C2=NOC(S)([C@H]3CO[C@H](CO)CO3)C2)n1. The summed E-state index contributed by atoms with van der Waals surface area (Å²) < 4.78 is 11.3. The Balaban J connectivity index is 1.43. The number of aromatic nitrogens is 2. The van der Waals surface area contributed by atoms with E-state index in [-0.39, 0.29) is 50.5 Å². The van der Waals surface area contributed by atoms with E-state index in [1.54, 1.807) is 31.2 Å². The number of aliphatic hydroxyl groups excluding tert-OH is 1. The second-order valence-electron chi connectivity index (χ2n) is 7.73. The van der Waals surface area contributed by atoms with Gasteiger partial charge in [0.2, 0.25) is 4.93 Å². The molecule has 0 bridgehead atoms. The van der Waals surface area contributed by atoms with Gasteiger partial charge in [0.25, 0.3) is 5.91 Å². The number of oxime groups is 1. The smallest absolute Gasteiger partial charge is 0.270 e. The van der Waals surface area contributed by atoms with E-state index in [9.17, 15) is 9.90 Å². The van der Waals surface area contributed by atoms with Crippen molar-refractivity contribution in [3.8, 4) is 0 Å². The van der Waals surface area contributed by atoms with Crippen molar-refractivity contribution in [2.75, 3.05) is 19.8 Å². The number of aliphatic hydroxyl groups is 1. The van der Waals surface area contributed by atoms with Crippen molar-refractivity contribution in [3.05, 3.63) is 57.1 Å². The molecule has 2 aliphatic rings. The second kappa shape index (κ2) is 10.1. The predicted molar refractivity (Wildman–Crippen MR) is 125 cm³/mol. The van der Waals surface area contributed by atoms with Crippen molar-refractivity contribution in [3.63, 3.8) is 0 Å². The third-order valence-corrected chi connectivity index (χ3v) is 6.48. The van der Waals surface area contributed by atoms with E-state index in [2.05, 4.69) is 33.1 Å². The average molecular weight is 513 g/mol. The minimum atomic E-state index is -1.05. The van der Waals surface area contributed by atoms with Crippen molar-refractivity contribution in [2.24, 2.45) is 5.16 Å². The number of ether oxygens (including phenoxy) is 2. The van der Waals surface area contributed by atoms with Crippen molar-refractivity contribution >= 4 is 47.4 Å². The highest BCUT2D eigenvalue weighted by atomic mass is 35.5. The summed E-state index contributed by atoms with van der Waals surface area (Å²) in [6, 6.07) is 6.70. The van der Waals surface area contributed by atoms with Crippen molar-refractivity contribution in [2.45, 2.75) is 37.0 Å². The number of thiol groups is 1. The molecule has 1 unspecified atom stereocenters. The van der Waals surface area contributed by atoms with E-state index in [0.717, 1.165) is 5.56 Å². The van der Waals surface area contributed by atoms with Crippen LogP contribution in [0.2, 0.25) is 10.0 Å². The first-order valence-electron chi connectivity index (χ1n) is 10.2. The Kier molecular flexibility index (Phi) is 7.42. The number of rotatable bonds is 6. The van der Waals surface area contributed by atoms with Crippen LogP contribution in [-0.4, -0.2) is 63.7 Å². The summed E-state index contributed by atoms with van der Waals surface area (Å²) >= 11 is 16.6. The fourth-order valence-corrected chi connectivity index (χ4v) is 4.07. The van der Waals surface area contributed by atoms with Gasteiger partial charge in [0.15, 0.2) is 0 Å². The summed E-state index contributed by atoms with van der Waals surface area (Å²) in [5.74, 6) is 0.0399. The molecule has 2 aliphatic heterocycles. The zero-order valence-corrected chi connectivity index (χ0v) is 20.0. The number of hydrogen-bond acceptors (Lipinski definition) is 9. The number of carbonyl (C=O) groups is 1. The molecule has 176 valence electrons. The van der Waals surface area contributed by atoms with Crippen molar-refractivity contribution in [1.29, 1.82) is 0 Å². The summed E-state index contributed by atoms with van der Waals surface area (Å²) in [6.07, 6.45) is -0.564. The topological polar surface area (TPSA) is 115 Å². The number of aryl methyl sites for hydroxylation is 1. The molecule has 12 heteroatoms. The second-order valence-corrected chi connectivity index (χ2v) is 9.30. The first-order chi connectivity index (χ1) is 15.8. The molecule has 2 N–H and O–H groups in total. The van der Waals surface area contributed by atoms with E-state index in [0.29, 0.717) is 27.3 Å². The Morgan fingerprint density at radius 2 is 2.06 bits per heavy atom. The molecule has 1 fully saturated rings. The van der Waals surface area contributed by atoms with Crippen LogP contribution in [0.4, 0.5) is 0 Å². The molecule has 1 aromatic carbocycles. The number of amides is 1. The fourth-order valence-electron chi connectivity index (χ4n) is 3.41. The quantitative estimate of drug-likeness (QED) is 0.509. The van der Waals surface area contributed by atoms with Gasteiger partial charge in [-0.05, 0) is 30.7 Å². The number of halogens is 2. The van der Waals surface area contributed by atoms with E-state index < -0.39 is 11.0 Å². The van der Waals surface area contributed by atoms with Gasteiger partial charge >= 0.3 is 0 Å². The van der Waals surface area contributed by atoms with Gasteiger partial charge in [-0.25, -0.2) is 9.97 Å². The van der Waals surface area contributed by atoms with Gasteiger partial charge in [0.05, 0.1) is 42.0 Å². The Morgan fingerprint density at radius 1 is 1.24 bits per heavy atom. The largest absolute Gasteiger partial charge is 0.394 e. The third kappa shape index (κ3) is 5.59. The van der Waals surface area contributed by atoms with Crippen LogP contribution in [0.3, 0.4) is 0 Å². The molecule has 33 heavy (non-hydrogen) atoms. The Morgan fingerprint density at radius 3 is 2.76 bits per heavy atom. The zero-order valence-electron chi connectivity index (χ0n) is 17.6. The normalized spacial score (nSPS) is 24.8. The van der Waals surface area contributed by atoms with Gasteiger partial charge in [0.1, 0.15) is 29.4 Å². The molecule has 9 nitrogen and oxygen atoms in total. The number of benzene rings is 1. The average Bonchev–Trinajstić information content (AvgIpc) is 3.22. The van der Waals surface area contributed by atoms with Gasteiger partial charge in [-0.1, -0.05) is 34.4 Å². The molecule has 1 saturated heterocycles. The summed E-state index contributed by atoms with van der Waals surface area (Å²) in [4.78, 5) is 25.9. The van der Waals surface area contributed by atoms with Gasteiger partial charge in [-0.2, -0.15) is 0 Å². The highest BCUT2D eigenvalue weighted by Crippen LogP contribution is 2.36. The lowest BCUT2D eigenvalue weighted by molar-refractivity contribution is -0.187. The molecule has 3 heterocycles. The minimum absolute atomic E-state index is 0.120. The van der Waals surface area contributed by atoms with Gasteiger partial charge in [-0.3, -0.25) is 4.79 Å². The highest BCUT2D eigenvalue weighted by Gasteiger charge is 2.47. The molecular weight excluding hydrogens is 491 g/mol. The van der Waals surface area contributed by atoms with E-state index in [1.165, 1.54) is 0 Å².